The van der Waals surface area contributed by atoms with Crippen molar-refractivity contribution in [2.45, 2.75) is 5.54 Å². The maximum atomic E-state index is 6.65. The number of nitrogens with zero attached hydrogens (tertiary/aromatic N) is 2. The average molecular weight is 346 g/mol. The zero-order valence-corrected chi connectivity index (χ0v) is 14.4. The number of rotatable bonds is 4. The number of aromatic nitrogens is 2. The molecule has 124 valence electrons. The fraction of sp³-hybridized carbons (Fsp3) is 0.100. The van der Waals surface area contributed by atoms with Crippen LogP contribution in [0.2, 0.25) is 0 Å². The predicted molar refractivity (Wildman–Crippen MR) is 103 cm³/mol. The Balaban J connectivity index is 1.81. The van der Waals surface area contributed by atoms with Crippen LogP contribution < -0.4 is 11.5 Å². The second-order valence-electron chi connectivity index (χ2n) is 5.98. The Morgan fingerprint density at radius 2 is 1.68 bits per heavy atom. The first-order chi connectivity index (χ1) is 12.2. The molecule has 25 heavy (non-hydrogen) atoms. The van der Waals surface area contributed by atoms with Crippen molar-refractivity contribution in [3.8, 4) is 10.6 Å². The first-order valence-corrected chi connectivity index (χ1v) is 8.88. The van der Waals surface area contributed by atoms with Crippen molar-refractivity contribution < 1.29 is 0 Å². The van der Waals surface area contributed by atoms with Crippen molar-refractivity contribution in [3.05, 3.63) is 84.3 Å². The van der Waals surface area contributed by atoms with Gasteiger partial charge < -0.3 is 11.5 Å². The summed E-state index contributed by atoms with van der Waals surface area (Å²) in [6, 6.07) is 22.2. The number of benzene rings is 2. The van der Waals surface area contributed by atoms with E-state index in [2.05, 4.69) is 28.2 Å². The van der Waals surface area contributed by atoms with Crippen molar-refractivity contribution >= 4 is 21.4 Å². The van der Waals surface area contributed by atoms with E-state index in [1.807, 2.05) is 48.5 Å². The molecular formula is C20H18N4S. The van der Waals surface area contributed by atoms with E-state index in [-0.39, 0.29) is 6.54 Å². The van der Waals surface area contributed by atoms with Crippen molar-refractivity contribution in [2.75, 3.05) is 6.54 Å². The summed E-state index contributed by atoms with van der Waals surface area (Å²) in [5, 5.41) is 1.21. The second kappa shape index (κ2) is 6.37. The molecule has 0 radical (unpaired) electrons. The van der Waals surface area contributed by atoms with Crippen molar-refractivity contribution in [3.63, 3.8) is 0 Å². The molecule has 5 heteroatoms. The normalized spacial score (nSPS) is 13.7. The van der Waals surface area contributed by atoms with Crippen LogP contribution >= 0.6 is 11.3 Å². The third kappa shape index (κ3) is 2.82. The molecule has 0 aliphatic carbocycles. The smallest absolute Gasteiger partial charge is 0.116 e. The number of nitrogens with two attached hydrogens (primary N) is 2. The van der Waals surface area contributed by atoms with Crippen molar-refractivity contribution in [2.24, 2.45) is 11.5 Å². The predicted octanol–water partition coefficient (Wildman–Crippen LogP) is 3.52. The minimum Gasteiger partial charge on any atom is -0.328 e. The van der Waals surface area contributed by atoms with Gasteiger partial charge in [0.15, 0.2) is 0 Å². The van der Waals surface area contributed by atoms with E-state index in [1.165, 1.54) is 10.1 Å². The summed E-state index contributed by atoms with van der Waals surface area (Å²) in [5.41, 5.74) is 14.4. The maximum absolute atomic E-state index is 6.65. The SMILES string of the molecule is NCC(N)(c1ccccc1)c1cc(-c2cc3ccccc3s2)ncn1. The van der Waals surface area contributed by atoms with Crippen molar-refractivity contribution in [1.82, 2.24) is 9.97 Å². The molecule has 4 rings (SSSR count). The summed E-state index contributed by atoms with van der Waals surface area (Å²) < 4.78 is 1.23. The molecule has 0 amide bonds. The Bertz CT molecular complexity index is 979. The first kappa shape index (κ1) is 15.9. The molecule has 0 saturated heterocycles. The highest BCUT2D eigenvalue weighted by atomic mass is 32.1. The lowest BCUT2D eigenvalue weighted by atomic mass is 9.87. The molecule has 0 saturated carbocycles. The van der Waals surface area contributed by atoms with E-state index in [0.29, 0.717) is 0 Å². The summed E-state index contributed by atoms with van der Waals surface area (Å²) in [7, 11) is 0. The van der Waals surface area contributed by atoms with Gasteiger partial charge in [0.25, 0.3) is 0 Å². The van der Waals surface area contributed by atoms with Crippen LogP contribution in [0.25, 0.3) is 20.7 Å². The van der Waals surface area contributed by atoms with Gasteiger partial charge in [-0.2, -0.15) is 0 Å². The van der Waals surface area contributed by atoms with Gasteiger partial charge in [0.1, 0.15) is 6.33 Å². The molecule has 0 bridgehead atoms. The first-order valence-electron chi connectivity index (χ1n) is 8.07. The number of thiophene rings is 1. The maximum Gasteiger partial charge on any atom is 0.116 e. The standard InChI is InChI=1S/C20H18N4S/c21-12-20(22,15-7-2-1-3-8-15)19-11-16(23-13-24-19)18-10-14-6-4-5-9-17(14)25-18/h1-11,13H,12,21-22H2. The van der Waals surface area contributed by atoms with Crippen LogP contribution in [0.3, 0.4) is 0 Å². The highest BCUT2D eigenvalue weighted by Gasteiger charge is 2.30. The van der Waals surface area contributed by atoms with Gasteiger partial charge >= 0.3 is 0 Å². The quantitative estimate of drug-likeness (QED) is 0.593. The summed E-state index contributed by atoms with van der Waals surface area (Å²) in [4.78, 5) is 9.97. The molecule has 0 spiro atoms. The highest BCUT2D eigenvalue weighted by Crippen LogP contribution is 2.34. The zero-order chi connectivity index (χ0) is 17.3. The molecule has 2 aromatic carbocycles. The van der Waals surface area contributed by atoms with Crippen LogP contribution in [0.15, 0.2) is 73.1 Å². The highest BCUT2D eigenvalue weighted by molar-refractivity contribution is 7.22. The summed E-state index contributed by atoms with van der Waals surface area (Å²) in [6.07, 6.45) is 1.56. The second-order valence-corrected chi connectivity index (χ2v) is 7.06. The van der Waals surface area contributed by atoms with E-state index in [4.69, 9.17) is 11.5 Å². The van der Waals surface area contributed by atoms with Crippen LogP contribution in [-0.2, 0) is 5.54 Å². The minimum atomic E-state index is -0.838. The molecule has 2 aromatic heterocycles. The summed E-state index contributed by atoms with van der Waals surface area (Å²) in [5.74, 6) is 0. The molecule has 2 heterocycles. The Morgan fingerprint density at radius 1 is 0.920 bits per heavy atom. The van der Waals surface area contributed by atoms with Gasteiger partial charge in [-0.15, -0.1) is 11.3 Å². The molecule has 0 aliphatic heterocycles. The van der Waals surface area contributed by atoms with Crippen LogP contribution in [0.5, 0.6) is 0 Å². The number of hydrogen-bond donors (Lipinski definition) is 2. The van der Waals surface area contributed by atoms with E-state index in [1.54, 1.807) is 17.7 Å². The third-order valence-electron chi connectivity index (χ3n) is 4.41. The Hall–Kier alpha value is -2.60. The molecule has 0 fully saturated rings. The number of hydrogen-bond acceptors (Lipinski definition) is 5. The fourth-order valence-corrected chi connectivity index (χ4v) is 3.98. The average Bonchev–Trinajstić information content (AvgIpc) is 3.12. The van der Waals surface area contributed by atoms with Gasteiger partial charge in [-0.25, -0.2) is 9.97 Å². The van der Waals surface area contributed by atoms with Gasteiger partial charge in [-0.1, -0.05) is 48.5 Å². The lowest BCUT2D eigenvalue weighted by molar-refractivity contribution is 0.533. The fourth-order valence-electron chi connectivity index (χ4n) is 2.95. The largest absolute Gasteiger partial charge is 0.328 e. The van der Waals surface area contributed by atoms with Crippen molar-refractivity contribution in [1.29, 1.82) is 0 Å². The molecule has 1 unspecified atom stereocenters. The Labute approximate surface area is 150 Å². The Kier molecular flexibility index (Phi) is 4.05. The van der Waals surface area contributed by atoms with E-state index in [0.717, 1.165) is 21.8 Å². The van der Waals surface area contributed by atoms with Gasteiger partial charge in [-0.3, -0.25) is 0 Å². The van der Waals surface area contributed by atoms with Gasteiger partial charge in [0, 0.05) is 11.2 Å². The van der Waals surface area contributed by atoms with E-state index in [9.17, 15) is 0 Å². The molecule has 1 atom stereocenters. The monoisotopic (exact) mass is 346 g/mol. The molecule has 4 nitrogen and oxygen atoms in total. The van der Waals surface area contributed by atoms with Crippen LogP contribution in [0.1, 0.15) is 11.3 Å². The Morgan fingerprint density at radius 3 is 2.44 bits per heavy atom. The summed E-state index contributed by atoms with van der Waals surface area (Å²) >= 11 is 1.71. The van der Waals surface area contributed by atoms with Gasteiger partial charge in [0.05, 0.1) is 21.8 Å². The zero-order valence-electron chi connectivity index (χ0n) is 13.6. The van der Waals surface area contributed by atoms with E-state index >= 15 is 0 Å². The molecular weight excluding hydrogens is 328 g/mol. The number of fused-ring (bicyclic) bond motifs is 1. The minimum absolute atomic E-state index is 0.264. The summed E-state index contributed by atoms with van der Waals surface area (Å²) in [6.45, 7) is 0.264. The lowest BCUT2D eigenvalue weighted by Gasteiger charge is -2.28. The van der Waals surface area contributed by atoms with Gasteiger partial charge in [-0.05, 0) is 29.1 Å². The van der Waals surface area contributed by atoms with Crippen LogP contribution in [0, 0.1) is 0 Å². The third-order valence-corrected chi connectivity index (χ3v) is 5.55. The topological polar surface area (TPSA) is 77.8 Å². The molecule has 4 aromatic rings. The van der Waals surface area contributed by atoms with Crippen LogP contribution in [-0.4, -0.2) is 16.5 Å². The van der Waals surface area contributed by atoms with E-state index < -0.39 is 5.54 Å². The van der Waals surface area contributed by atoms with Crippen LogP contribution in [0.4, 0.5) is 0 Å². The molecule has 0 aliphatic rings. The lowest BCUT2D eigenvalue weighted by Crippen LogP contribution is -2.45. The molecule has 4 N–H and O–H groups in total. The van der Waals surface area contributed by atoms with Gasteiger partial charge in [0.2, 0.25) is 0 Å².